The highest BCUT2D eigenvalue weighted by atomic mass is 35.5. The predicted molar refractivity (Wildman–Crippen MR) is 55.4 cm³/mol. The molecule has 0 atom stereocenters. The van der Waals surface area contributed by atoms with E-state index in [9.17, 15) is 4.79 Å². The van der Waals surface area contributed by atoms with Crippen molar-refractivity contribution in [2.45, 2.75) is 12.8 Å². The van der Waals surface area contributed by atoms with Crippen LogP contribution in [0.1, 0.15) is 23.2 Å². The Balaban J connectivity index is 2.22. The van der Waals surface area contributed by atoms with Gasteiger partial charge in [0.2, 0.25) is 0 Å². The third-order valence-corrected chi connectivity index (χ3v) is 2.74. The van der Waals surface area contributed by atoms with Gasteiger partial charge < -0.3 is 4.90 Å². The summed E-state index contributed by atoms with van der Waals surface area (Å²) in [5.74, 6) is 0.0318. The molecule has 1 amide bonds. The van der Waals surface area contributed by atoms with Gasteiger partial charge in [-0.3, -0.25) is 4.79 Å². The first kappa shape index (κ1) is 9.53. The molecule has 1 aromatic rings. The molecule has 1 fully saturated rings. The lowest BCUT2D eigenvalue weighted by Gasteiger charge is -2.15. The predicted octanol–water partition coefficient (Wildman–Crippen LogP) is 2.38. The third kappa shape index (κ3) is 1.75. The number of nitrogens with zero attached hydrogens (tertiary/aromatic N) is 1. The lowest BCUT2D eigenvalue weighted by atomic mass is 10.2. The Morgan fingerprint density at radius 2 is 2.14 bits per heavy atom. The molecule has 1 aliphatic rings. The van der Waals surface area contributed by atoms with Gasteiger partial charge in [0.25, 0.3) is 5.91 Å². The first-order valence-corrected chi connectivity index (χ1v) is 5.12. The van der Waals surface area contributed by atoms with Crippen molar-refractivity contribution in [3.8, 4) is 0 Å². The van der Waals surface area contributed by atoms with Crippen LogP contribution in [0.2, 0.25) is 5.02 Å². The van der Waals surface area contributed by atoms with Crippen LogP contribution >= 0.6 is 11.6 Å². The first-order valence-electron chi connectivity index (χ1n) is 4.74. The zero-order valence-corrected chi connectivity index (χ0v) is 8.55. The van der Waals surface area contributed by atoms with Crippen LogP contribution in [0, 0.1) is 6.07 Å². The van der Waals surface area contributed by atoms with E-state index in [1.807, 2.05) is 4.90 Å². The molecule has 1 aliphatic heterocycles. The second-order valence-corrected chi connectivity index (χ2v) is 3.78. The molecule has 0 spiro atoms. The van der Waals surface area contributed by atoms with E-state index >= 15 is 0 Å². The SMILES string of the molecule is O=C(c1ccc[c]c1Cl)N1CCCC1. The van der Waals surface area contributed by atoms with Crippen molar-refractivity contribution in [3.05, 3.63) is 34.9 Å². The molecule has 1 aromatic carbocycles. The number of halogens is 1. The summed E-state index contributed by atoms with van der Waals surface area (Å²) in [5.41, 5.74) is 0.566. The Bertz CT molecular complexity index is 345. The van der Waals surface area contributed by atoms with Gasteiger partial charge in [0.1, 0.15) is 0 Å². The van der Waals surface area contributed by atoms with Crippen molar-refractivity contribution < 1.29 is 4.79 Å². The lowest BCUT2D eigenvalue weighted by molar-refractivity contribution is 0.0793. The van der Waals surface area contributed by atoms with Gasteiger partial charge in [0.15, 0.2) is 0 Å². The molecule has 1 radical (unpaired) electrons. The van der Waals surface area contributed by atoms with E-state index in [0.717, 1.165) is 25.9 Å². The van der Waals surface area contributed by atoms with Crippen molar-refractivity contribution in [3.63, 3.8) is 0 Å². The van der Waals surface area contributed by atoms with Crippen molar-refractivity contribution in [1.82, 2.24) is 4.90 Å². The Hall–Kier alpha value is -1.02. The quantitative estimate of drug-likeness (QED) is 0.694. The number of carbonyl (C=O) groups is 1. The van der Waals surface area contributed by atoms with E-state index in [4.69, 9.17) is 11.6 Å². The molecule has 0 unspecified atom stereocenters. The van der Waals surface area contributed by atoms with Crippen molar-refractivity contribution in [2.24, 2.45) is 0 Å². The fourth-order valence-electron chi connectivity index (χ4n) is 1.67. The molecule has 0 aliphatic carbocycles. The topological polar surface area (TPSA) is 20.3 Å². The molecule has 0 saturated carbocycles. The molecule has 3 heteroatoms. The highest BCUT2D eigenvalue weighted by Gasteiger charge is 2.20. The maximum atomic E-state index is 11.9. The van der Waals surface area contributed by atoms with Gasteiger partial charge >= 0.3 is 0 Å². The average molecular weight is 209 g/mol. The first-order chi connectivity index (χ1) is 6.79. The Kier molecular flexibility index (Phi) is 2.73. The number of likely N-dealkylation sites (tertiary alicyclic amines) is 1. The fourth-order valence-corrected chi connectivity index (χ4v) is 1.88. The van der Waals surface area contributed by atoms with Crippen LogP contribution in [0.25, 0.3) is 0 Å². The third-order valence-electron chi connectivity index (χ3n) is 2.43. The minimum absolute atomic E-state index is 0.0318. The molecule has 1 saturated heterocycles. The minimum atomic E-state index is 0.0318. The second kappa shape index (κ2) is 4.01. The zero-order chi connectivity index (χ0) is 9.97. The van der Waals surface area contributed by atoms with Crippen molar-refractivity contribution >= 4 is 17.5 Å². The number of hydrogen-bond donors (Lipinski definition) is 0. The molecular formula is C11H11ClNO. The van der Waals surface area contributed by atoms with Crippen LogP contribution in [0.15, 0.2) is 18.2 Å². The summed E-state index contributed by atoms with van der Waals surface area (Å²) in [4.78, 5) is 13.7. The molecule has 73 valence electrons. The van der Waals surface area contributed by atoms with Gasteiger partial charge in [-0.1, -0.05) is 23.7 Å². The molecule has 2 nitrogen and oxygen atoms in total. The monoisotopic (exact) mass is 208 g/mol. The lowest BCUT2D eigenvalue weighted by Crippen LogP contribution is -2.27. The fraction of sp³-hybridized carbons (Fsp3) is 0.364. The smallest absolute Gasteiger partial charge is 0.255 e. The van der Waals surface area contributed by atoms with E-state index in [0.29, 0.717) is 10.6 Å². The number of carbonyl (C=O) groups excluding carboxylic acids is 1. The molecular weight excluding hydrogens is 198 g/mol. The Labute approximate surface area is 88.5 Å². The van der Waals surface area contributed by atoms with Crippen molar-refractivity contribution in [2.75, 3.05) is 13.1 Å². The standard InChI is InChI=1S/C11H11ClNO/c12-10-6-2-1-5-9(10)11(14)13-7-3-4-8-13/h1-2,5H,3-4,7-8H2. The van der Waals surface area contributed by atoms with Crippen LogP contribution < -0.4 is 0 Å². The van der Waals surface area contributed by atoms with Crippen LogP contribution in [0.3, 0.4) is 0 Å². The maximum absolute atomic E-state index is 11.9. The van der Waals surface area contributed by atoms with E-state index in [1.54, 1.807) is 18.2 Å². The highest BCUT2D eigenvalue weighted by molar-refractivity contribution is 6.33. The molecule has 0 bridgehead atoms. The van der Waals surface area contributed by atoms with Gasteiger partial charge in [0, 0.05) is 19.2 Å². The summed E-state index contributed by atoms with van der Waals surface area (Å²) in [6.45, 7) is 1.70. The second-order valence-electron chi connectivity index (χ2n) is 3.40. The van der Waals surface area contributed by atoms with E-state index in [-0.39, 0.29) is 5.91 Å². The summed E-state index contributed by atoms with van der Waals surface area (Å²) in [7, 11) is 0. The average Bonchev–Trinajstić information content (AvgIpc) is 2.70. The summed E-state index contributed by atoms with van der Waals surface area (Å²) in [6.07, 6.45) is 2.19. The normalized spacial score (nSPS) is 15.9. The zero-order valence-electron chi connectivity index (χ0n) is 7.79. The number of amides is 1. The summed E-state index contributed by atoms with van der Waals surface area (Å²) in [6, 6.07) is 8.07. The highest BCUT2D eigenvalue weighted by Crippen LogP contribution is 2.19. The van der Waals surface area contributed by atoms with Crippen molar-refractivity contribution in [1.29, 1.82) is 0 Å². The number of hydrogen-bond acceptors (Lipinski definition) is 1. The van der Waals surface area contributed by atoms with E-state index < -0.39 is 0 Å². The summed E-state index contributed by atoms with van der Waals surface area (Å²) >= 11 is 5.89. The van der Waals surface area contributed by atoms with Gasteiger partial charge in [-0.05, 0) is 18.9 Å². The van der Waals surface area contributed by atoms with Crippen LogP contribution in [0.4, 0.5) is 0 Å². The number of benzene rings is 1. The molecule has 1 heterocycles. The molecule has 14 heavy (non-hydrogen) atoms. The van der Waals surface area contributed by atoms with Crippen LogP contribution in [-0.2, 0) is 0 Å². The molecule has 0 N–H and O–H groups in total. The Morgan fingerprint density at radius 1 is 1.43 bits per heavy atom. The Morgan fingerprint density at radius 3 is 2.79 bits per heavy atom. The largest absolute Gasteiger partial charge is 0.339 e. The van der Waals surface area contributed by atoms with Gasteiger partial charge in [-0.25, -0.2) is 0 Å². The van der Waals surface area contributed by atoms with Crippen LogP contribution in [0.5, 0.6) is 0 Å². The number of rotatable bonds is 1. The summed E-state index contributed by atoms with van der Waals surface area (Å²) < 4.78 is 0. The van der Waals surface area contributed by atoms with Gasteiger partial charge in [-0.15, -0.1) is 0 Å². The van der Waals surface area contributed by atoms with E-state index in [1.165, 1.54) is 0 Å². The maximum Gasteiger partial charge on any atom is 0.255 e. The van der Waals surface area contributed by atoms with E-state index in [2.05, 4.69) is 6.07 Å². The molecule has 0 aromatic heterocycles. The van der Waals surface area contributed by atoms with Crippen LogP contribution in [-0.4, -0.2) is 23.9 Å². The summed E-state index contributed by atoms with van der Waals surface area (Å²) in [5, 5.41) is 0.421. The van der Waals surface area contributed by atoms with Gasteiger partial charge in [0.05, 0.1) is 10.6 Å². The minimum Gasteiger partial charge on any atom is -0.339 e. The van der Waals surface area contributed by atoms with Gasteiger partial charge in [-0.2, -0.15) is 0 Å². The molecule has 2 rings (SSSR count).